The Kier molecular flexibility index (Phi) is 7.62. The van der Waals surface area contributed by atoms with E-state index >= 15 is 0 Å². The fraction of sp³-hybridized carbons (Fsp3) is 0.393. The van der Waals surface area contributed by atoms with Crippen LogP contribution in [-0.2, 0) is 18.8 Å². The van der Waals surface area contributed by atoms with Crippen LogP contribution in [0.15, 0.2) is 67.9 Å². The van der Waals surface area contributed by atoms with E-state index in [-0.39, 0.29) is 17.2 Å². The molecular weight excluding hydrogens is 502 g/mol. The van der Waals surface area contributed by atoms with Gasteiger partial charge in [-0.25, -0.2) is 9.59 Å². The molecule has 0 spiro atoms. The molecule has 0 N–H and O–H groups in total. The van der Waals surface area contributed by atoms with Crippen LogP contribution in [0.5, 0.6) is 0 Å². The summed E-state index contributed by atoms with van der Waals surface area (Å²) < 4.78 is 7.65. The van der Waals surface area contributed by atoms with Gasteiger partial charge in [0.05, 0.1) is 24.0 Å². The monoisotopic (exact) mass is 535 g/mol. The lowest BCUT2D eigenvalue weighted by Crippen LogP contribution is -2.41. The summed E-state index contributed by atoms with van der Waals surface area (Å²) in [4.78, 5) is 46.1. The number of benzene rings is 2. The molecule has 2 aromatic carbocycles. The van der Waals surface area contributed by atoms with Gasteiger partial charge in [-0.05, 0) is 56.3 Å². The molecule has 200 valence electrons. The third kappa shape index (κ3) is 5.10. The van der Waals surface area contributed by atoms with Gasteiger partial charge < -0.3 is 19.4 Å². The average molecular weight is 536 g/mol. The largest absolute Gasteiger partial charge is 0.465 e. The van der Waals surface area contributed by atoms with Crippen molar-refractivity contribution in [3.05, 3.63) is 74.9 Å². The van der Waals surface area contributed by atoms with E-state index in [0.29, 0.717) is 11.4 Å². The molecule has 1 fully saturated rings. The quantitative estimate of drug-likeness (QED) is 0.446. The van der Waals surface area contributed by atoms with Gasteiger partial charge >= 0.3 is 11.7 Å². The van der Waals surface area contributed by atoms with E-state index in [2.05, 4.69) is 39.0 Å². The SMILES string of the molecule is COC(=O)c1ccc2c(c1)N(CCCN1CCCN(c3cc(=O)n(C)c(=O)n3C)CC1)c1ccccc1S2. The third-order valence-electron chi connectivity index (χ3n) is 7.32. The van der Waals surface area contributed by atoms with Crippen molar-refractivity contribution in [3.63, 3.8) is 0 Å². The lowest BCUT2D eigenvalue weighted by atomic mass is 10.1. The maximum atomic E-state index is 12.4. The van der Waals surface area contributed by atoms with Crippen molar-refractivity contribution in [2.24, 2.45) is 14.1 Å². The summed E-state index contributed by atoms with van der Waals surface area (Å²) in [5.74, 6) is 0.347. The third-order valence-corrected chi connectivity index (χ3v) is 8.45. The second kappa shape index (κ2) is 11.1. The Balaban J connectivity index is 1.27. The van der Waals surface area contributed by atoms with Crippen LogP contribution in [-0.4, -0.2) is 66.4 Å². The van der Waals surface area contributed by atoms with E-state index < -0.39 is 0 Å². The van der Waals surface area contributed by atoms with Gasteiger partial charge in [-0.2, -0.15) is 0 Å². The number of aromatic nitrogens is 2. The predicted molar refractivity (Wildman–Crippen MR) is 150 cm³/mol. The van der Waals surface area contributed by atoms with Crippen molar-refractivity contribution in [2.45, 2.75) is 22.6 Å². The number of ether oxygens (including phenoxy) is 1. The first-order chi connectivity index (χ1) is 18.4. The number of fused-ring (bicyclic) bond motifs is 2. The van der Waals surface area contributed by atoms with E-state index in [0.717, 1.165) is 72.9 Å². The number of methoxy groups -OCH3 is 1. The van der Waals surface area contributed by atoms with Crippen LogP contribution in [0.4, 0.5) is 17.2 Å². The number of carbonyl (C=O) groups excluding carboxylic acids is 1. The molecule has 0 atom stereocenters. The molecule has 9 nitrogen and oxygen atoms in total. The highest BCUT2D eigenvalue weighted by Gasteiger charge is 2.25. The van der Waals surface area contributed by atoms with E-state index in [1.165, 1.54) is 19.1 Å². The number of para-hydroxylation sites is 1. The first kappa shape index (κ1) is 26.1. The molecule has 0 amide bonds. The first-order valence-electron chi connectivity index (χ1n) is 12.9. The van der Waals surface area contributed by atoms with Gasteiger partial charge in [0.25, 0.3) is 5.56 Å². The fourth-order valence-electron chi connectivity index (χ4n) is 5.22. The summed E-state index contributed by atoms with van der Waals surface area (Å²) in [5.41, 5.74) is 2.16. The summed E-state index contributed by atoms with van der Waals surface area (Å²) >= 11 is 1.72. The number of esters is 1. The number of anilines is 3. The molecule has 2 aliphatic rings. The van der Waals surface area contributed by atoms with E-state index in [4.69, 9.17) is 4.74 Å². The number of nitrogens with zero attached hydrogens (tertiary/aromatic N) is 5. The molecule has 1 aromatic heterocycles. The van der Waals surface area contributed by atoms with Crippen molar-refractivity contribution in [2.75, 3.05) is 56.2 Å². The molecule has 5 rings (SSSR count). The van der Waals surface area contributed by atoms with Crippen LogP contribution < -0.4 is 21.0 Å². The standard InChI is InChI=1S/C28H33N5O4S/c1-29-25(19-26(34)30(2)28(29)36)32-14-6-12-31(16-17-32)13-7-15-33-21-8-4-5-9-23(21)38-24-11-10-20(18-22(24)33)27(35)37-3/h4-5,8-11,18-19H,6-7,12-17H2,1-3H3. The van der Waals surface area contributed by atoms with Crippen molar-refractivity contribution in [1.29, 1.82) is 0 Å². The molecule has 2 aliphatic heterocycles. The minimum Gasteiger partial charge on any atom is -0.465 e. The molecule has 0 unspecified atom stereocenters. The van der Waals surface area contributed by atoms with Gasteiger partial charge in [0.2, 0.25) is 0 Å². The number of hydrogen-bond donors (Lipinski definition) is 0. The highest BCUT2D eigenvalue weighted by atomic mass is 32.2. The Labute approximate surface area is 226 Å². The molecular formula is C28H33N5O4S. The molecule has 3 heterocycles. The summed E-state index contributed by atoms with van der Waals surface area (Å²) in [6.07, 6.45) is 1.91. The molecule has 3 aromatic rings. The zero-order valence-electron chi connectivity index (χ0n) is 22.1. The minimum absolute atomic E-state index is 0.278. The van der Waals surface area contributed by atoms with E-state index in [1.54, 1.807) is 29.4 Å². The van der Waals surface area contributed by atoms with Gasteiger partial charge in [0.1, 0.15) is 5.82 Å². The van der Waals surface area contributed by atoms with Gasteiger partial charge in [0.15, 0.2) is 0 Å². The van der Waals surface area contributed by atoms with Crippen molar-refractivity contribution in [3.8, 4) is 0 Å². The van der Waals surface area contributed by atoms with Crippen molar-refractivity contribution >= 4 is 34.9 Å². The topological polar surface area (TPSA) is 80.0 Å². The number of hydrogen-bond acceptors (Lipinski definition) is 8. The van der Waals surface area contributed by atoms with Crippen LogP contribution in [0.1, 0.15) is 23.2 Å². The van der Waals surface area contributed by atoms with Crippen LogP contribution in [0.25, 0.3) is 0 Å². The summed E-state index contributed by atoms with van der Waals surface area (Å²) in [6.45, 7) is 5.13. The smallest absolute Gasteiger partial charge is 0.337 e. The van der Waals surface area contributed by atoms with E-state index in [1.807, 2.05) is 18.2 Å². The van der Waals surface area contributed by atoms with Crippen molar-refractivity contribution in [1.82, 2.24) is 14.0 Å². The average Bonchev–Trinajstić information content (AvgIpc) is 3.18. The Morgan fingerprint density at radius 3 is 2.50 bits per heavy atom. The number of carbonyl (C=O) groups is 1. The number of rotatable bonds is 6. The first-order valence-corrected chi connectivity index (χ1v) is 13.7. The molecule has 0 saturated carbocycles. The van der Waals surface area contributed by atoms with Gasteiger partial charge in [-0.3, -0.25) is 13.9 Å². The Hall–Kier alpha value is -3.50. The molecule has 0 bridgehead atoms. The zero-order chi connectivity index (χ0) is 26.8. The molecule has 38 heavy (non-hydrogen) atoms. The summed E-state index contributed by atoms with van der Waals surface area (Å²) in [7, 11) is 4.63. The molecule has 1 saturated heterocycles. The predicted octanol–water partition coefficient (Wildman–Crippen LogP) is 3.08. The molecule has 0 radical (unpaired) electrons. The lowest BCUT2D eigenvalue weighted by Gasteiger charge is -2.33. The second-order valence-corrected chi connectivity index (χ2v) is 10.8. The highest BCUT2D eigenvalue weighted by molar-refractivity contribution is 7.99. The van der Waals surface area contributed by atoms with E-state index in [9.17, 15) is 14.4 Å². The summed E-state index contributed by atoms with van der Waals surface area (Å²) in [5, 5.41) is 0. The Bertz CT molecular complexity index is 1470. The van der Waals surface area contributed by atoms with Crippen LogP contribution in [0.3, 0.4) is 0 Å². The second-order valence-electron chi connectivity index (χ2n) is 9.67. The lowest BCUT2D eigenvalue weighted by molar-refractivity contribution is 0.0600. The Morgan fingerprint density at radius 1 is 0.895 bits per heavy atom. The maximum absolute atomic E-state index is 12.4. The molecule has 10 heteroatoms. The highest BCUT2D eigenvalue weighted by Crippen LogP contribution is 2.48. The van der Waals surface area contributed by atoms with Crippen LogP contribution in [0.2, 0.25) is 0 Å². The maximum Gasteiger partial charge on any atom is 0.337 e. The minimum atomic E-state index is -0.334. The van der Waals surface area contributed by atoms with Gasteiger partial charge in [-0.1, -0.05) is 23.9 Å². The fourth-order valence-corrected chi connectivity index (χ4v) is 6.29. The van der Waals surface area contributed by atoms with Gasteiger partial charge in [-0.15, -0.1) is 0 Å². The summed E-state index contributed by atoms with van der Waals surface area (Å²) in [6, 6.07) is 15.7. The molecule has 0 aliphatic carbocycles. The van der Waals surface area contributed by atoms with Crippen LogP contribution >= 0.6 is 11.8 Å². The van der Waals surface area contributed by atoms with Crippen LogP contribution in [0, 0.1) is 0 Å². The normalized spacial score (nSPS) is 15.6. The zero-order valence-corrected chi connectivity index (χ0v) is 22.9. The Morgan fingerprint density at radius 2 is 1.68 bits per heavy atom. The van der Waals surface area contributed by atoms with Crippen molar-refractivity contribution < 1.29 is 9.53 Å². The van der Waals surface area contributed by atoms with Gasteiger partial charge in [0, 0.05) is 56.1 Å².